The predicted molar refractivity (Wildman–Crippen MR) is 75.0 cm³/mol. The minimum atomic E-state index is -0.468. The molecule has 0 aromatic heterocycles. The van der Waals surface area contributed by atoms with E-state index in [0.717, 1.165) is 17.1 Å². The monoisotopic (exact) mass is 253 g/mol. The molecule has 0 atom stereocenters. The van der Waals surface area contributed by atoms with E-state index in [4.69, 9.17) is 10.5 Å². The maximum Gasteiger partial charge on any atom is 0.244 e. The van der Waals surface area contributed by atoms with Crippen molar-refractivity contribution in [3.05, 3.63) is 72.3 Å². The van der Waals surface area contributed by atoms with E-state index in [1.54, 1.807) is 0 Å². The van der Waals surface area contributed by atoms with Gasteiger partial charge in [0, 0.05) is 12.0 Å². The van der Waals surface area contributed by atoms with Gasteiger partial charge in [-0.3, -0.25) is 4.79 Å². The van der Waals surface area contributed by atoms with Crippen LogP contribution in [0, 0.1) is 0 Å². The second-order valence-electron chi connectivity index (χ2n) is 4.20. The first-order valence-corrected chi connectivity index (χ1v) is 5.94. The summed E-state index contributed by atoms with van der Waals surface area (Å²) in [7, 11) is 0. The molecule has 0 aliphatic rings. The van der Waals surface area contributed by atoms with Crippen LogP contribution in [0.2, 0.25) is 0 Å². The highest BCUT2D eigenvalue weighted by Gasteiger charge is 2.03. The van der Waals surface area contributed by atoms with Crippen molar-refractivity contribution in [2.24, 2.45) is 5.73 Å². The SMILES string of the molecule is C=C(Cc1ccc(Oc2ccccc2)cc1)C(N)=O. The van der Waals surface area contributed by atoms with E-state index in [1.807, 2.05) is 54.6 Å². The topological polar surface area (TPSA) is 52.3 Å². The van der Waals surface area contributed by atoms with Crippen LogP contribution < -0.4 is 10.5 Å². The van der Waals surface area contributed by atoms with Crippen molar-refractivity contribution in [2.75, 3.05) is 0 Å². The van der Waals surface area contributed by atoms with Gasteiger partial charge >= 0.3 is 0 Å². The van der Waals surface area contributed by atoms with E-state index in [1.165, 1.54) is 0 Å². The summed E-state index contributed by atoms with van der Waals surface area (Å²) in [6.07, 6.45) is 0.459. The number of hydrogen-bond acceptors (Lipinski definition) is 2. The molecule has 0 aliphatic heterocycles. The van der Waals surface area contributed by atoms with Gasteiger partial charge in [-0.2, -0.15) is 0 Å². The number of benzene rings is 2. The standard InChI is InChI=1S/C16H15NO2/c1-12(16(17)18)11-13-7-9-15(10-8-13)19-14-5-3-2-4-6-14/h2-10H,1,11H2,(H2,17,18). The lowest BCUT2D eigenvalue weighted by Crippen LogP contribution is -2.14. The molecule has 0 heterocycles. The summed E-state index contributed by atoms with van der Waals surface area (Å²) in [6, 6.07) is 17.1. The van der Waals surface area contributed by atoms with Crippen LogP contribution in [-0.2, 0) is 11.2 Å². The van der Waals surface area contributed by atoms with Crippen LogP contribution in [0.1, 0.15) is 5.56 Å². The number of carbonyl (C=O) groups excluding carboxylic acids is 1. The van der Waals surface area contributed by atoms with E-state index in [2.05, 4.69) is 6.58 Å². The molecule has 19 heavy (non-hydrogen) atoms. The fraction of sp³-hybridized carbons (Fsp3) is 0.0625. The number of rotatable bonds is 5. The Morgan fingerprint density at radius 1 is 1.00 bits per heavy atom. The largest absolute Gasteiger partial charge is 0.457 e. The van der Waals surface area contributed by atoms with Crippen molar-refractivity contribution < 1.29 is 9.53 Å². The van der Waals surface area contributed by atoms with Crippen LogP contribution in [0.4, 0.5) is 0 Å². The number of carbonyl (C=O) groups is 1. The Kier molecular flexibility index (Phi) is 3.98. The van der Waals surface area contributed by atoms with Crippen LogP contribution in [0.5, 0.6) is 11.5 Å². The average molecular weight is 253 g/mol. The van der Waals surface area contributed by atoms with E-state index in [9.17, 15) is 4.79 Å². The molecule has 0 unspecified atom stereocenters. The van der Waals surface area contributed by atoms with Crippen molar-refractivity contribution in [1.29, 1.82) is 0 Å². The minimum Gasteiger partial charge on any atom is -0.457 e. The van der Waals surface area contributed by atoms with Gasteiger partial charge in [0.15, 0.2) is 0 Å². The van der Waals surface area contributed by atoms with Gasteiger partial charge in [0.1, 0.15) is 11.5 Å². The minimum absolute atomic E-state index is 0.400. The van der Waals surface area contributed by atoms with Crippen molar-refractivity contribution in [2.45, 2.75) is 6.42 Å². The second-order valence-corrected chi connectivity index (χ2v) is 4.20. The summed E-state index contributed by atoms with van der Waals surface area (Å²) >= 11 is 0. The number of nitrogens with two attached hydrogens (primary N) is 1. The van der Waals surface area contributed by atoms with E-state index < -0.39 is 5.91 Å². The van der Waals surface area contributed by atoms with Gasteiger partial charge < -0.3 is 10.5 Å². The van der Waals surface area contributed by atoms with Crippen LogP contribution in [-0.4, -0.2) is 5.91 Å². The molecule has 2 aromatic rings. The number of ether oxygens (including phenoxy) is 1. The predicted octanol–water partition coefficient (Wildman–Crippen LogP) is 3.06. The summed E-state index contributed by atoms with van der Waals surface area (Å²) in [5.74, 6) is 1.07. The van der Waals surface area contributed by atoms with E-state index >= 15 is 0 Å². The lowest BCUT2D eigenvalue weighted by molar-refractivity contribution is -0.114. The fourth-order valence-electron chi connectivity index (χ4n) is 1.63. The van der Waals surface area contributed by atoms with Gasteiger partial charge in [-0.25, -0.2) is 0 Å². The quantitative estimate of drug-likeness (QED) is 0.832. The van der Waals surface area contributed by atoms with Crippen molar-refractivity contribution >= 4 is 5.91 Å². The molecule has 3 nitrogen and oxygen atoms in total. The highest BCUT2D eigenvalue weighted by molar-refractivity contribution is 5.91. The van der Waals surface area contributed by atoms with Gasteiger partial charge in [0.05, 0.1) is 0 Å². The molecule has 2 aromatic carbocycles. The molecule has 0 saturated heterocycles. The Labute approximate surface area is 112 Å². The summed E-state index contributed by atoms with van der Waals surface area (Å²) in [6.45, 7) is 3.63. The third-order valence-corrected chi connectivity index (χ3v) is 2.67. The molecule has 0 fully saturated rings. The van der Waals surface area contributed by atoms with E-state index in [0.29, 0.717) is 12.0 Å². The Hall–Kier alpha value is -2.55. The fourth-order valence-corrected chi connectivity index (χ4v) is 1.63. The van der Waals surface area contributed by atoms with Crippen LogP contribution in [0.3, 0.4) is 0 Å². The molecule has 0 aliphatic carbocycles. The number of amides is 1. The smallest absolute Gasteiger partial charge is 0.244 e. The zero-order valence-electron chi connectivity index (χ0n) is 10.5. The molecule has 96 valence electrons. The highest BCUT2D eigenvalue weighted by atomic mass is 16.5. The first kappa shape index (κ1) is 12.9. The van der Waals surface area contributed by atoms with Gasteiger partial charge in [-0.1, -0.05) is 36.9 Å². The summed E-state index contributed by atoms with van der Waals surface area (Å²) in [4.78, 5) is 10.9. The normalized spacial score (nSPS) is 9.89. The zero-order valence-corrected chi connectivity index (χ0v) is 10.5. The summed E-state index contributed by atoms with van der Waals surface area (Å²) < 4.78 is 5.67. The van der Waals surface area contributed by atoms with Crippen molar-refractivity contribution in [3.63, 3.8) is 0 Å². The Bertz CT molecular complexity index is 573. The molecule has 1 amide bonds. The summed E-state index contributed by atoms with van der Waals surface area (Å²) in [5.41, 5.74) is 6.53. The van der Waals surface area contributed by atoms with Gasteiger partial charge in [0.25, 0.3) is 0 Å². The maximum absolute atomic E-state index is 10.9. The zero-order chi connectivity index (χ0) is 13.7. The number of primary amides is 1. The van der Waals surface area contributed by atoms with E-state index in [-0.39, 0.29) is 0 Å². The third-order valence-electron chi connectivity index (χ3n) is 2.67. The number of para-hydroxylation sites is 1. The third kappa shape index (κ3) is 3.71. The highest BCUT2D eigenvalue weighted by Crippen LogP contribution is 2.21. The Balaban J connectivity index is 2.03. The molecule has 2 rings (SSSR count). The summed E-state index contributed by atoms with van der Waals surface area (Å²) in [5, 5.41) is 0. The lowest BCUT2D eigenvalue weighted by Gasteiger charge is -2.07. The first-order chi connectivity index (χ1) is 9.15. The van der Waals surface area contributed by atoms with Gasteiger partial charge in [-0.15, -0.1) is 0 Å². The van der Waals surface area contributed by atoms with Gasteiger partial charge in [-0.05, 0) is 29.8 Å². The average Bonchev–Trinajstić information content (AvgIpc) is 2.42. The van der Waals surface area contributed by atoms with Crippen LogP contribution >= 0.6 is 0 Å². The molecule has 3 heteroatoms. The Morgan fingerprint density at radius 3 is 2.16 bits per heavy atom. The molecule has 2 N–H and O–H groups in total. The van der Waals surface area contributed by atoms with Crippen molar-refractivity contribution in [1.82, 2.24) is 0 Å². The number of hydrogen-bond donors (Lipinski definition) is 1. The molecular formula is C16H15NO2. The van der Waals surface area contributed by atoms with Crippen molar-refractivity contribution in [3.8, 4) is 11.5 Å². The molecule has 0 spiro atoms. The van der Waals surface area contributed by atoms with Crippen LogP contribution in [0.15, 0.2) is 66.7 Å². The lowest BCUT2D eigenvalue weighted by atomic mass is 10.1. The molecular weight excluding hydrogens is 238 g/mol. The molecule has 0 bridgehead atoms. The Morgan fingerprint density at radius 2 is 1.58 bits per heavy atom. The van der Waals surface area contributed by atoms with Crippen LogP contribution in [0.25, 0.3) is 0 Å². The second kappa shape index (κ2) is 5.87. The first-order valence-electron chi connectivity index (χ1n) is 5.94. The van der Waals surface area contributed by atoms with Gasteiger partial charge in [0.2, 0.25) is 5.91 Å². The molecule has 0 radical (unpaired) electrons. The molecule has 0 saturated carbocycles. The maximum atomic E-state index is 10.9.